The molecule has 0 heterocycles. The van der Waals surface area contributed by atoms with Crippen LogP contribution in [0.2, 0.25) is 0 Å². The Bertz CT molecular complexity index is 3750. The molecule has 0 bridgehead atoms. The molecule has 12 aromatic carbocycles. The van der Waals surface area contributed by atoms with E-state index in [1.165, 1.54) is 65.7 Å². The fourth-order valence-electron chi connectivity index (χ4n) is 9.96. The Balaban J connectivity index is 1.01. The molecule has 0 aromatic heterocycles. The van der Waals surface area contributed by atoms with Gasteiger partial charge in [0, 0.05) is 34.0 Å². The van der Waals surface area contributed by atoms with Crippen molar-refractivity contribution in [2.24, 2.45) is 0 Å². The molecule has 2 heteroatoms. The summed E-state index contributed by atoms with van der Waals surface area (Å²) < 4.78 is 0. The van der Waals surface area contributed by atoms with Crippen LogP contribution in [0.5, 0.6) is 0 Å². The average molecular weight is 867 g/mol. The van der Waals surface area contributed by atoms with E-state index >= 15 is 0 Å². The quantitative estimate of drug-likeness (QED) is 0.138. The summed E-state index contributed by atoms with van der Waals surface area (Å²) >= 11 is 0. The third-order valence-electron chi connectivity index (χ3n) is 13.2. The molecular formula is C66H46N2. The van der Waals surface area contributed by atoms with Crippen molar-refractivity contribution in [1.82, 2.24) is 0 Å². The first-order valence-corrected chi connectivity index (χ1v) is 23.3. The molecule has 0 aliphatic carbocycles. The summed E-state index contributed by atoms with van der Waals surface area (Å²) in [5.41, 5.74) is 17.2. The van der Waals surface area contributed by atoms with E-state index < -0.39 is 0 Å². The molecular weight excluding hydrogens is 821 g/mol. The molecule has 320 valence electrons. The van der Waals surface area contributed by atoms with Gasteiger partial charge in [-0.2, -0.15) is 0 Å². The van der Waals surface area contributed by atoms with Gasteiger partial charge in [0.05, 0.1) is 0 Å². The number of hydrogen-bond donors (Lipinski definition) is 1. The fraction of sp³-hybridized carbons (Fsp3) is 0. The van der Waals surface area contributed by atoms with Gasteiger partial charge in [-0.25, -0.2) is 0 Å². The largest absolute Gasteiger partial charge is 0.355 e. The lowest BCUT2D eigenvalue weighted by Crippen LogP contribution is -2.10. The van der Waals surface area contributed by atoms with Crippen molar-refractivity contribution < 1.29 is 0 Å². The van der Waals surface area contributed by atoms with Crippen LogP contribution in [0, 0.1) is 0 Å². The van der Waals surface area contributed by atoms with E-state index in [0.717, 1.165) is 50.7 Å². The van der Waals surface area contributed by atoms with Gasteiger partial charge in [-0.15, -0.1) is 0 Å². The summed E-state index contributed by atoms with van der Waals surface area (Å²) in [5.74, 6) is 0. The lowest BCUT2D eigenvalue weighted by molar-refractivity contribution is 1.28. The molecule has 12 rings (SSSR count). The minimum Gasteiger partial charge on any atom is -0.355 e. The van der Waals surface area contributed by atoms with E-state index in [1.807, 2.05) is 6.07 Å². The van der Waals surface area contributed by atoms with Crippen LogP contribution in [0.3, 0.4) is 0 Å². The maximum absolute atomic E-state index is 3.68. The van der Waals surface area contributed by atoms with Crippen LogP contribution in [0.4, 0.5) is 28.4 Å². The Labute approximate surface area is 397 Å². The molecule has 0 unspecified atom stereocenters. The second-order valence-electron chi connectivity index (χ2n) is 17.4. The van der Waals surface area contributed by atoms with Gasteiger partial charge in [0.25, 0.3) is 0 Å². The van der Waals surface area contributed by atoms with Crippen molar-refractivity contribution in [3.05, 3.63) is 273 Å². The van der Waals surface area contributed by atoms with Gasteiger partial charge in [0.15, 0.2) is 0 Å². The standard InChI is InChI=1S/C66H46N2/c1-4-19-48(20-5-1)65-62-32-13-12-31-60(62)61-41-38-53(45-63(61)66(65)49-21-6-2-7-22-49)51-24-16-28-57(43-51)68(56-39-36-47(37-40-56)52-35-34-46-18-10-11-23-50(46)42-52)58-29-17-25-54(44-58)59-30-14-15-33-64(59)67-55-26-8-3-9-27-55/h1-45,67H. The Morgan fingerprint density at radius 2 is 0.750 bits per heavy atom. The second kappa shape index (κ2) is 17.8. The lowest BCUT2D eigenvalue weighted by Gasteiger charge is -2.27. The van der Waals surface area contributed by atoms with E-state index in [1.54, 1.807) is 0 Å². The summed E-state index contributed by atoms with van der Waals surface area (Å²) in [6, 6.07) is 98.8. The van der Waals surface area contributed by atoms with E-state index in [2.05, 4.69) is 277 Å². The van der Waals surface area contributed by atoms with E-state index in [9.17, 15) is 0 Å². The molecule has 0 aliphatic heterocycles. The van der Waals surface area contributed by atoms with E-state index in [0.29, 0.717) is 0 Å². The van der Waals surface area contributed by atoms with Crippen LogP contribution in [-0.4, -0.2) is 0 Å². The maximum atomic E-state index is 3.68. The van der Waals surface area contributed by atoms with Crippen LogP contribution >= 0.6 is 0 Å². The number of para-hydroxylation sites is 2. The molecule has 12 aromatic rings. The van der Waals surface area contributed by atoms with Crippen LogP contribution in [0.25, 0.3) is 88.0 Å². The average Bonchev–Trinajstić information content (AvgIpc) is 3.41. The number of fused-ring (bicyclic) bond motifs is 4. The van der Waals surface area contributed by atoms with E-state index in [4.69, 9.17) is 0 Å². The topological polar surface area (TPSA) is 15.3 Å². The molecule has 0 amide bonds. The van der Waals surface area contributed by atoms with Gasteiger partial charge in [-0.3, -0.25) is 0 Å². The van der Waals surface area contributed by atoms with Crippen molar-refractivity contribution in [3.8, 4) is 55.6 Å². The highest BCUT2D eigenvalue weighted by atomic mass is 15.1. The Hall–Kier alpha value is -8.98. The molecule has 1 N–H and O–H groups in total. The predicted molar refractivity (Wildman–Crippen MR) is 291 cm³/mol. The summed E-state index contributed by atoms with van der Waals surface area (Å²) in [6.45, 7) is 0. The smallest absolute Gasteiger partial charge is 0.0467 e. The normalized spacial score (nSPS) is 11.2. The van der Waals surface area contributed by atoms with Crippen LogP contribution in [0.1, 0.15) is 0 Å². The number of rotatable bonds is 10. The predicted octanol–water partition coefficient (Wildman–Crippen LogP) is 18.7. The number of nitrogens with one attached hydrogen (secondary N) is 1. The highest BCUT2D eigenvalue weighted by molar-refractivity contribution is 6.22. The first-order valence-electron chi connectivity index (χ1n) is 23.3. The van der Waals surface area contributed by atoms with Crippen molar-refractivity contribution in [2.75, 3.05) is 10.2 Å². The minimum absolute atomic E-state index is 1.05. The monoisotopic (exact) mass is 866 g/mol. The first kappa shape index (κ1) is 40.5. The highest BCUT2D eigenvalue weighted by Gasteiger charge is 2.20. The van der Waals surface area contributed by atoms with Gasteiger partial charge in [0.2, 0.25) is 0 Å². The zero-order valence-corrected chi connectivity index (χ0v) is 37.4. The minimum atomic E-state index is 1.05. The highest BCUT2D eigenvalue weighted by Crippen LogP contribution is 2.46. The van der Waals surface area contributed by atoms with Gasteiger partial charge < -0.3 is 10.2 Å². The lowest BCUT2D eigenvalue weighted by atomic mass is 9.84. The maximum Gasteiger partial charge on any atom is 0.0467 e. The zero-order chi connectivity index (χ0) is 45.2. The van der Waals surface area contributed by atoms with Crippen LogP contribution in [-0.2, 0) is 0 Å². The molecule has 2 nitrogen and oxygen atoms in total. The van der Waals surface area contributed by atoms with E-state index in [-0.39, 0.29) is 0 Å². The fourth-order valence-corrected chi connectivity index (χ4v) is 9.96. The Kier molecular flexibility index (Phi) is 10.6. The summed E-state index contributed by atoms with van der Waals surface area (Å²) in [5, 5.41) is 11.1. The third-order valence-corrected chi connectivity index (χ3v) is 13.2. The number of anilines is 5. The van der Waals surface area contributed by atoms with Gasteiger partial charge >= 0.3 is 0 Å². The summed E-state index contributed by atoms with van der Waals surface area (Å²) in [6.07, 6.45) is 0. The Morgan fingerprint density at radius 1 is 0.250 bits per heavy atom. The molecule has 0 saturated heterocycles. The third kappa shape index (κ3) is 7.74. The molecule has 0 saturated carbocycles. The Morgan fingerprint density at radius 3 is 1.49 bits per heavy atom. The van der Waals surface area contributed by atoms with Crippen molar-refractivity contribution in [1.29, 1.82) is 0 Å². The summed E-state index contributed by atoms with van der Waals surface area (Å²) in [7, 11) is 0. The number of benzene rings is 12. The van der Waals surface area contributed by atoms with Gasteiger partial charge in [-0.1, -0.05) is 206 Å². The van der Waals surface area contributed by atoms with Crippen molar-refractivity contribution in [2.45, 2.75) is 0 Å². The second-order valence-corrected chi connectivity index (χ2v) is 17.4. The zero-order valence-electron chi connectivity index (χ0n) is 37.4. The molecule has 0 radical (unpaired) electrons. The van der Waals surface area contributed by atoms with Gasteiger partial charge in [0.1, 0.15) is 0 Å². The van der Waals surface area contributed by atoms with Crippen molar-refractivity contribution in [3.63, 3.8) is 0 Å². The molecule has 0 spiro atoms. The molecule has 0 fully saturated rings. The van der Waals surface area contributed by atoms with Gasteiger partial charge in [-0.05, 0) is 149 Å². The van der Waals surface area contributed by atoms with Crippen LogP contribution in [0.15, 0.2) is 273 Å². The number of hydrogen-bond acceptors (Lipinski definition) is 2. The first-order chi connectivity index (χ1) is 33.7. The van der Waals surface area contributed by atoms with Crippen LogP contribution < -0.4 is 10.2 Å². The molecule has 68 heavy (non-hydrogen) atoms. The molecule has 0 atom stereocenters. The number of nitrogens with zero attached hydrogens (tertiary/aromatic N) is 1. The molecule has 0 aliphatic rings. The SMILES string of the molecule is c1ccc(Nc2ccccc2-c2cccc(N(c3ccc(-c4ccc5ccccc5c4)cc3)c3cccc(-c4ccc5c(c4)c(-c4ccccc4)c(-c4ccccc4)c4ccccc45)c3)c2)cc1. The summed E-state index contributed by atoms with van der Waals surface area (Å²) in [4.78, 5) is 2.39. The van der Waals surface area contributed by atoms with Crippen molar-refractivity contribution >= 4 is 60.8 Å².